The zero-order chi connectivity index (χ0) is 20.4. The smallest absolute Gasteiger partial charge is 0.263 e. The van der Waals surface area contributed by atoms with Gasteiger partial charge in [0.2, 0.25) is 0 Å². The van der Waals surface area contributed by atoms with E-state index in [0.717, 1.165) is 16.0 Å². The van der Waals surface area contributed by atoms with Crippen molar-refractivity contribution in [3.8, 4) is 27.6 Å². The van der Waals surface area contributed by atoms with Gasteiger partial charge in [-0.15, -0.1) is 22.7 Å². The van der Waals surface area contributed by atoms with Gasteiger partial charge in [-0.25, -0.2) is 4.98 Å². The van der Waals surface area contributed by atoms with Crippen LogP contribution in [0, 0.1) is 6.92 Å². The van der Waals surface area contributed by atoms with Gasteiger partial charge in [0.25, 0.3) is 11.5 Å². The van der Waals surface area contributed by atoms with Crippen LogP contribution in [0.3, 0.4) is 0 Å². The molecule has 1 amide bonds. The Morgan fingerprint density at radius 1 is 1.17 bits per heavy atom. The van der Waals surface area contributed by atoms with Crippen LogP contribution < -0.4 is 15.6 Å². The van der Waals surface area contributed by atoms with Crippen molar-refractivity contribution in [1.29, 1.82) is 0 Å². The number of methoxy groups -OCH3 is 1. The molecule has 29 heavy (non-hydrogen) atoms. The van der Waals surface area contributed by atoms with E-state index in [1.54, 1.807) is 13.2 Å². The third kappa shape index (κ3) is 3.98. The van der Waals surface area contributed by atoms with E-state index >= 15 is 0 Å². The number of aromatic nitrogens is 2. The highest BCUT2D eigenvalue weighted by atomic mass is 32.1. The van der Waals surface area contributed by atoms with E-state index < -0.39 is 11.5 Å². The van der Waals surface area contributed by atoms with Crippen LogP contribution in [0.15, 0.2) is 58.0 Å². The number of hydrogen-bond acceptors (Lipinski definition) is 6. The number of anilines is 1. The number of thiophene rings is 1. The number of aromatic amines is 1. The molecule has 0 fully saturated rings. The van der Waals surface area contributed by atoms with Crippen LogP contribution in [0.25, 0.3) is 21.8 Å². The molecule has 0 bridgehead atoms. The van der Waals surface area contributed by atoms with Gasteiger partial charge in [-0.1, -0.05) is 17.7 Å². The molecule has 0 aliphatic carbocycles. The third-order valence-corrected chi connectivity index (χ3v) is 5.96. The monoisotopic (exact) mass is 423 g/mol. The lowest BCUT2D eigenvalue weighted by Crippen LogP contribution is -2.23. The van der Waals surface area contributed by atoms with Crippen LogP contribution in [0.2, 0.25) is 0 Å². The molecule has 0 spiro atoms. The SMILES string of the molecule is COc1ccc(C)cc1-c1csc(NC(=O)c2ccc(-c3cccs3)[nH]c2=O)n1. The van der Waals surface area contributed by atoms with E-state index in [9.17, 15) is 9.59 Å². The molecule has 6 nitrogen and oxygen atoms in total. The molecule has 0 saturated heterocycles. The second-order valence-electron chi connectivity index (χ2n) is 6.29. The number of aryl methyl sites for hydroxylation is 1. The quantitative estimate of drug-likeness (QED) is 0.483. The van der Waals surface area contributed by atoms with Crippen molar-refractivity contribution in [2.75, 3.05) is 12.4 Å². The molecular weight excluding hydrogens is 406 g/mol. The fourth-order valence-electron chi connectivity index (χ4n) is 2.87. The topological polar surface area (TPSA) is 84.1 Å². The van der Waals surface area contributed by atoms with Crippen LogP contribution in [0.5, 0.6) is 5.75 Å². The Labute approximate surface area is 174 Å². The summed E-state index contributed by atoms with van der Waals surface area (Å²) in [6.45, 7) is 1.99. The molecular formula is C21H17N3O3S2. The van der Waals surface area contributed by atoms with Crippen molar-refractivity contribution in [3.63, 3.8) is 0 Å². The van der Waals surface area contributed by atoms with E-state index in [-0.39, 0.29) is 5.56 Å². The highest BCUT2D eigenvalue weighted by Gasteiger charge is 2.15. The zero-order valence-electron chi connectivity index (χ0n) is 15.7. The molecule has 0 unspecified atom stereocenters. The molecule has 146 valence electrons. The molecule has 2 N–H and O–H groups in total. The number of carbonyl (C=O) groups is 1. The van der Waals surface area contributed by atoms with E-state index in [1.165, 1.54) is 28.7 Å². The Balaban J connectivity index is 1.56. The first-order valence-corrected chi connectivity index (χ1v) is 10.5. The number of pyridine rings is 1. The third-order valence-electron chi connectivity index (χ3n) is 4.30. The fraction of sp³-hybridized carbons (Fsp3) is 0.0952. The molecule has 0 saturated carbocycles. The Morgan fingerprint density at radius 3 is 2.76 bits per heavy atom. The maximum absolute atomic E-state index is 12.6. The minimum Gasteiger partial charge on any atom is -0.496 e. The van der Waals surface area contributed by atoms with Gasteiger partial charge in [-0.2, -0.15) is 0 Å². The lowest BCUT2D eigenvalue weighted by molar-refractivity contribution is 0.102. The van der Waals surface area contributed by atoms with Crippen molar-refractivity contribution in [3.05, 3.63) is 74.7 Å². The van der Waals surface area contributed by atoms with Crippen LogP contribution in [-0.4, -0.2) is 23.0 Å². The van der Waals surface area contributed by atoms with Gasteiger partial charge in [0, 0.05) is 10.9 Å². The molecule has 0 radical (unpaired) electrons. The summed E-state index contributed by atoms with van der Waals surface area (Å²) in [4.78, 5) is 33.1. The Morgan fingerprint density at radius 2 is 2.03 bits per heavy atom. The molecule has 8 heteroatoms. The van der Waals surface area contributed by atoms with Gasteiger partial charge in [0.05, 0.1) is 23.4 Å². The molecule has 4 aromatic rings. The van der Waals surface area contributed by atoms with Gasteiger partial charge in [0.15, 0.2) is 5.13 Å². The van der Waals surface area contributed by atoms with Gasteiger partial charge in [0.1, 0.15) is 11.3 Å². The highest BCUT2D eigenvalue weighted by Crippen LogP contribution is 2.33. The van der Waals surface area contributed by atoms with E-state index in [4.69, 9.17) is 4.74 Å². The largest absolute Gasteiger partial charge is 0.496 e. The first-order valence-electron chi connectivity index (χ1n) is 8.74. The lowest BCUT2D eigenvalue weighted by Gasteiger charge is -2.07. The molecule has 3 aromatic heterocycles. The number of hydrogen-bond donors (Lipinski definition) is 2. The van der Waals surface area contributed by atoms with Gasteiger partial charge in [-0.3, -0.25) is 14.9 Å². The van der Waals surface area contributed by atoms with E-state index in [0.29, 0.717) is 22.3 Å². The number of thiazole rings is 1. The number of rotatable bonds is 5. The number of H-pyrrole nitrogens is 1. The standard InChI is InChI=1S/C21H17N3O3S2/c1-12-5-8-17(27-2)14(10-12)16-11-29-21(23-16)24-20(26)13-6-7-15(22-19(13)25)18-4-3-9-28-18/h3-11H,1-2H3,(H,22,25)(H,23,24,26). The van der Waals surface area contributed by atoms with Crippen LogP contribution in [0.4, 0.5) is 5.13 Å². The number of ether oxygens (including phenoxy) is 1. The van der Waals surface area contributed by atoms with Crippen molar-refractivity contribution in [2.45, 2.75) is 6.92 Å². The van der Waals surface area contributed by atoms with E-state index in [1.807, 2.05) is 48.0 Å². The first kappa shape index (κ1) is 19.1. The summed E-state index contributed by atoms with van der Waals surface area (Å²) < 4.78 is 5.40. The minimum absolute atomic E-state index is 0.0372. The van der Waals surface area contributed by atoms with Crippen molar-refractivity contribution < 1.29 is 9.53 Å². The maximum Gasteiger partial charge on any atom is 0.263 e. The Hall–Kier alpha value is -3.23. The summed E-state index contributed by atoms with van der Waals surface area (Å²) in [6.07, 6.45) is 0. The van der Waals surface area contributed by atoms with Crippen LogP contribution in [-0.2, 0) is 0 Å². The summed E-state index contributed by atoms with van der Waals surface area (Å²) in [5, 5.41) is 6.89. The molecule has 0 atom stereocenters. The highest BCUT2D eigenvalue weighted by molar-refractivity contribution is 7.14. The van der Waals surface area contributed by atoms with Gasteiger partial charge < -0.3 is 9.72 Å². The van der Waals surface area contributed by atoms with Crippen molar-refractivity contribution in [2.24, 2.45) is 0 Å². The zero-order valence-corrected chi connectivity index (χ0v) is 17.3. The second kappa shape index (κ2) is 8.02. The first-order chi connectivity index (χ1) is 14.0. The fourth-order valence-corrected chi connectivity index (χ4v) is 4.28. The second-order valence-corrected chi connectivity index (χ2v) is 8.09. The average Bonchev–Trinajstić information content (AvgIpc) is 3.40. The van der Waals surface area contributed by atoms with Gasteiger partial charge >= 0.3 is 0 Å². The number of benzene rings is 1. The van der Waals surface area contributed by atoms with Gasteiger partial charge in [-0.05, 0) is 42.6 Å². The number of carbonyl (C=O) groups excluding carboxylic acids is 1. The summed E-state index contributed by atoms with van der Waals surface area (Å²) in [5.41, 5.74) is 2.91. The summed E-state index contributed by atoms with van der Waals surface area (Å²) in [7, 11) is 1.61. The number of nitrogens with zero attached hydrogens (tertiary/aromatic N) is 1. The minimum atomic E-state index is -0.499. The van der Waals surface area contributed by atoms with Crippen LogP contribution >= 0.6 is 22.7 Å². The van der Waals surface area contributed by atoms with Crippen molar-refractivity contribution >= 4 is 33.7 Å². The molecule has 3 heterocycles. The average molecular weight is 424 g/mol. The summed E-state index contributed by atoms with van der Waals surface area (Å²) >= 11 is 2.81. The molecule has 4 rings (SSSR count). The maximum atomic E-state index is 12.6. The Bertz CT molecular complexity index is 1230. The summed E-state index contributed by atoms with van der Waals surface area (Å²) in [5.74, 6) is 0.209. The normalized spacial score (nSPS) is 10.7. The number of nitrogens with one attached hydrogen (secondary N) is 2. The Kier molecular flexibility index (Phi) is 5.28. The predicted octanol–water partition coefficient (Wildman–Crippen LogP) is 4.80. The van der Waals surface area contributed by atoms with E-state index in [2.05, 4.69) is 15.3 Å². The predicted molar refractivity (Wildman–Crippen MR) is 117 cm³/mol. The van der Waals surface area contributed by atoms with Crippen LogP contribution in [0.1, 0.15) is 15.9 Å². The molecule has 0 aliphatic heterocycles. The molecule has 1 aromatic carbocycles. The number of amides is 1. The summed E-state index contributed by atoms with van der Waals surface area (Å²) in [6, 6.07) is 12.9. The lowest BCUT2D eigenvalue weighted by atomic mass is 10.1. The molecule has 0 aliphatic rings. The van der Waals surface area contributed by atoms with Crippen molar-refractivity contribution in [1.82, 2.24) is 9.97 Å².